The van der Waals surface area contributed by atoms with Crippen LogP contribution in [0.2, 0.25) is 18.6 Å². The summed E-state index contributed by atoms with van der Waals surface area (Å²) < 4.78 is 0. The van der Waals surface area contributed by atoms with Gasteiger partial charge in [-0.2, -0.15) is 0 Å². The maximum atomic E-state index is 11.7. The van der Waals surface area contributed by atoms with E-state index in [2.05, 4.69) is 37.4 Å². The summed E-state index contributed by atoms with van der Waals surface area (Å²) in [5.74, 6) is -0.274. The highest BCUT2D eigenvalue weighted by Crippen LogP contribution is 2.44. The lowest BCUT2D eigenvalue weighted by atomic mass is 9.82. The first kappa shape index (κ1) is 16.3. The molecule has 2 atom stereocenters. The summed E-state index contributed by atoms with van der Waals surface area (Å²) in [6.07, 6.45) is 6.29. The van der Waals surface area contributed by atoms with E-state index in [4.69, 9.17) is 0 Å². The van der Waals surface area contributed by atoms with Gasteiger partial charge in [0.25, 0.3) is 0 Å². The number of carboxylic acids is 1. The molecule has 0 heterocycles. The van der Waals surface area contributed by atoms with E-state index in [9.17, 15) is 9.90 Å². The van der Waals surface area contributed by atoms with Crippen molar-refractivity contribution in [1.82, 2.24) is 0 Å². The smallest absolute Gasteiger partial charge is 0.306 e. The molecule has 1 aliphatic rings. The van der Waals surface area contributed by atoms with Crippen molar-refractivity contribution in [3.63, 3.8) is 0 Å². The Hall–Kier alpha value is -1.09. The first-order valence-corrected chi connectivity index (χ1v) is 11.3. The minimum atomic E-state index is -1.80. The van der Waals surface area contributed by atoms with Crippen LogP contribution in [0.4, 0.5) is 0 Å². The fraction of sp³-hybridized carbons (Fsp3) is 0.611. The van der Waals surface area contributed by atoms with Crippen LogP contribution in [-0.2, 0) is 4.79 Å². The highest BCUT2D eigenvalue weighted by molar-refractivity contribution is 6.91. The number of hydrogen-bond donors (Lipinski definition) is 1. The standard InChI is InChI=1S/C18H28O2Si/c1-14(18(19)20)17(15-10-6-4-7-11-15)21(2,3)16-12-8-5-9-13-16/h5,8-9,12-15,17H,4,6-7,10-11H2,1-3H3,(H,19,20)/t14-,17+/m0/s1. The Kier molecular flexibility index (Phi) is 5.25. The molecule has 0 aliphatic heterocycles. The van der Waals surface area contributed by atoms with Crippen molar-refractivity contribution in [2.24, 2.45) is 11.8 Å². The molecular weight excluding hydrogens is 276 g/mol. The van der Waals surface area contributed by atoms with Gasteiger partial charge >= 0.3 is 5.97 Å². The largest absolute Gasteiger partial charge is 0.481 e. The van der Waals surface area contributed by atoms with Crippen LogP contribution in [0.3, 0.4) is 0 Å². The van der Waals surface area contributed by atoms with Gasteiger partial charge in [0.05, 0.1) is 14.0 Å². The highest BCUT2D eigenvalue weighted by Gasteiger charge is 2.44. The number of benzene rings is 1. The second-order valence-corrected chi connectivity index (χ2v) is 11.8. The lowest BCUT2D eigenvalue weighted by Crippen LogP contribution is -2.52. The lowest BCUT2D eigenvalue weighted by Gasteiger charge is -2.42. The zero-order chi connectivity index (χ0) is 15.5. The van der Waals surface area contributed by atoms with E-state index >= 15 is 0 Å². The quantitative estimate of drug-likeness (QED) is 0.825. The van der Waals surface area contributed by atoms with Crippen molar-refractivity contribution >= 4 is 19.2 Å². The molecular formula is C18H28O2Si. The molecule has 1 aliphatic carbocycles. The van der Waals surface area contributed by atoms with E-state index in [-0.39, 0.29) is 5.92 Å². The first-order chi connectivity index (χ1) is 9.94. The lowest BCUT2D eigenvalue weighted by molar-refractivity contribution is -0.141. The number of aliphatic carboxylic acids is 1. The number of carboxylic acid groups (broad SMARTS) is 1. The van der Waals surface area contributed by atoms with Crippen molar-refractivity contribution < 1.29 is 9.90 Å². The maximum absolute atomic E-state index is 11.7. The van der Waals surface area contributed by atoms with Gasteiger partial charge in [-0.25, -0.2) is 0 Å². The van der Waals surface area contributed by atoms with E-state index in [1.165, 1.54) is 37.3 Å². The van der Waals surface area contributed by atoms with Gasteiger partial charge in [0, 0.05) is 0 Å². The molecule has 0 amide bonds. The zero-order valence-corrected chi connectivity index (χ0v) is 14.5. The molecule has 1 N–H and O–H groups in total. The molecule has 1 aromatic rings. The van der Waals surface area contributed by atoms with Crippen molar-refractivity contribution in [3.05, 3.63) is 30.3 Å². The summed E-state index contributed by atoms with van der Waals surface area (Å²) in [6, 6.07) is 10.6. The predicted molar refractivity (Wildman–Crippen MR) is 90.7 cm³/mol. The molecule has 1 saturated carbocycles. The Labute approximate surface area is 129 Å². The molecule has 0 bridgehead atoms. The van der Waals surface area contributed by atoms with Crippen molar-refractivity contribution in [2.45, 2.75) is 57.7 Å². The molecule has 0 radical (unpaired) electrons. The van der Waals surface area contributed by atoms with Gasteiger partial charge in [0.1, 0.15) is 0 Å². The third-order valence-corrected chi connectivity index (χ3v) is 9.90. The summed E-state index contributed by atoms with van der Waals surface area (Å²) in [4.78, 5) is 11.7. The van der Waals surface area contributed by atoms with Gasteiger partial charge in [-0.3, -0.25) is 4.79 Å². The van der Waals surface area contributed by atoms with Crippen LogP contribution >= 0.6 is 0 Å². The Morgan fingerprint density at radius 2 is 1.71 bits per heavy atom. The predicted octanol–water partition coefficient (Wildman–Crippen LogP) is 4.27. The third-order valence-electron chi connectivity index (χ3n) is 5.44. The van der Waals surface area contributed by atoms with Crippen molar-refractivity contribution in [2.75, 3.05) is 0 Å². The van der Waals surface area contributed by atoms with Crippen LogP contribution in [0.5, 0.6) is 0 Å². The molecule has 0 aromatic heterocycles. The SMILES string of the molecule is C[C@H](C(=O)O)[C@H](C1CCCCC1)[Si](C)(C)c1ccccc1. The van der Waals surface area contributed by atoms with Gasteiger partial charge in [-0.05, 0) is 11.5 Å². The van der Waals surface area contributed by atoms with Gasteiger partial charge < -0.3 is 5.11 Å². The van der Waals surface area contributed by atoms with Crippen LogP contribution < -0.4 is 5.19 Å². The third kappa shape index (κ3) is 3.57. The molecule has 2 rings (SSSR count). The van der Waals surface area contributed by atoms with Crippen LogP contribution in [0, 0.1) is 11.8 Å². The Morgan fingerprint density at radius 1 is 1.14 bits per heavy atom. The molecule has 0 saturated heterocycles. The molecule has 21 heavy (non-hydrogen) atoms. The van der Waals surface area contributed by atoms with Gasteiger partial charge in [-0.15, -0.1) is 0 Å². The van der Waals surface area contributed by atoms with Gasteiger partial charge in [0.15, 0.2) is 0 Å². The van der Waals surface area contributed by atoms with E-state index in [1.807, 2.05) is 13.0 Å². The highest BCUT2D eigenvalue weighted by atomic mass is 28.3. The van der Waals surface area contributed by atoms with Crippen LogP contribution in [0.1, 0.15) is 39.0 Å². The second kappa shape index (κ2) is 6.78. The van der Waals surface area contributed by atoms with Crippen molar-refractivity contribution in [3.8, 4) is 0 Å². The molecule has 0 spiro atoms. The van der Waals surface area contributed by atoms with Crippen LogP contribution in [0.15, 0.2) is 30.3 Å². The Bertz CT molecular complexity index is 463. The number of rotatable bonds is 5. The Balaban J connectivity index is 2.35. The molecule has 1 fully saturated rings. The van der Waals surface area contributed by atoms with Crippen molar-refractivity contribution in [1.29, 1.82) is 0 Å². The van der Waals surface area contributed by atoms with E-state index in [1.54, 1.807) is 0 Å². The normalized spacial score (nSPS) is 20.0. The molecule has 116 valence electrons. The Morgan fingerprint density at radius 3 is 2.24 bits per heavy atom. The van der Waals surface area contributed by atoms with E-state index in [0.29, 0.717) is 11.5 Å². The first-order valence-electron chi connectivity index (χ1n) is 8.23. The zero-order valence-electron chi connectivity index (χ0n) is 13.5. The average Bonchev–Trinajstić information content (AvgIpc) is 2.49. The second-order valence-electron chi connectivity index (χ2n) is 7.14. The number of hydrogen-bond acceptors (Lipinski definition) is 1. The minimum absolute atomic E-state index is 0.241. The average molecular weight is 305 g/mol. The summed E-state index contributed by atoms with van der Waals surface area (Å²) >= 11 is 0. The number of carbonyl (C=O) groups is 1. The molecule has 3 heteroatoms. The van der Waals surface area contributed by atoms with Crippen LogP contribution in [0.25, 0.3) is 0 Å². The minimum Gasteiger partial charge on any atom is -0.481 e. The molecule has 0 unspecified atom stereocenters. The summed E-state index contributed by atoms with van der Waals surface area (Å²) in [5.41, 5.74) is 0.331. The van der Waals surface area contributed by atoms with Crippen LogP contribution in [-0.4, -0.2) is 19.1 Å². The van der Waals surface area contributed by atoms with E-state index in [0.717, 1.165) is 0 Å². The summed E-state index contributed by atoms with van der Waals surface area (Å²) in [6.45, 7) is 6.65. The topological polar surface area (TPSA) is 37.3 Å². The molecule has 1 aromatic carbocycles. The summed E-state index contributed by atoms with van der Waals surface area (Å²) in [5, 5.41) is 11.0. The molecule has 2 nitrogen and oxygen atoms in total. The van der Waals surface area contributed by atoms with E-state index < -0.39 is 14.0 Å². The fourth-order valence-electron chi connectivity index (χ4n) is 4.33. The van der Waals surface area contributed by atoms with Gasteiger partial charge in [0.2, 0.25) is 0 Å². The fourth-order valence-corrected chi connectivity index (χ4v) is 8.67. The monoisotopic (exact) mass is 304 g/mol. The maximum Gasteiger partial charge on any atom is 0.306 e. The van der Waals surface area contributed by atoms with Gasteiger partial charge in [-0.1, -0.05) is 87.6 Å². The summed E-state index contributed by atoms with van der Waals surface area (Å²) in [7, 11) is -1.80.